The molecule has 0 atom stereocenters. The number of carbonyl (C=O) groups is 1. The average molecular weight is 293 g/mol. The van der Waals surface area contributed by atoms with Gasteiger partial charge >= 0.3 is 0 Å². The molecule has 1 aromatic carbocycles. The van der Waals surface area contributed by atoms with Gasteiger partial charge in [0.1, 0.15) is 5.82 Å². The van der Waals surface area contributed by atoms with E-state index in [2.05, 4.69) is 11.8 Å². The van der Waals surface area contributed by atoms with Crippen LogP contribution in [-0.4, -0.2) is 46.8 Å². The second-order valence-corrected chi connectivity index (χ2v) is 5.44. The van der Waals surface area contributed by atoms with Crippen molar-refractivity contribution < 1.29 is 19.4 Å². The van der Waals surface area contributed by atoms with Gasteiger partial charge in [-0.3, -0.25) is 4.79 Å². The zero-order valence-electron chi connectivity index (χ0n) is 12.5. The molecule has 5 heteroatoms. The first-order chi connectivity index (χ1) is 9.74. The molecule has 1 amide bonds. The third kappa shape index (κ3) is 5.54. The Kier molecular flexibility index (Phi) is 5.89. The lowest BCUT2D eigenvalue weighted by Gasteiger charge is -2.25. The number of halogens is 1. The Labute approximate surface area is 124 Å². The van der Waals surface area contributed by atoms with E-state index >= 15 is 0 Å². The van der Waals surface area contributed by atoms with E-state index in [0.717, 1.165) is 6.07 Å². The summed E-state index contributed by atoms with van der Waals surface area (Å²) in [4.78, 5) is 13.5. The smallest absolute Gasteiger partial charge is 0.253 e. The van der Waals surface area contributed by atoms with Crippen molar-refractivity contribution in [1.82, 2.24) is 4.90 Å². The van der Waals surface area contributed by atoms with E-state index in [1.807, 2.05) is 0 Å². The largest absolute Gasteiger partial charge is 0.395 e. The molecule has 0 radical (unpaired) electrons. The number of benzene rings is 1. The molecule has 0 fully saturated rings. The van der Waals surface area contributed by atoms with Crippen LogP contribution >= 0.6 is 0 Å². The van der Waals surface area contributed by atoms with Gasteiger partial charge in [-0.05, 0) is 32.0 Å². The second kappa shape index (κ2) is 7.21. The van der Waals surface area contributed by atoms with Gasteiger partial charge in [-0.15, -0.1) is 0 Å². The molecule has 1 rings (SSSR count). The fraction of sp³-hybridized carbons (Fsp3) is 0.438. The number of aliphatic hydroxyl groups is 2. The SMILES string of the molecule is CN(CC(C)(C)O)C(=O)c1ccc(C#CCCO)c(F)c1. The number of carbonyl (C=O) groups excluding carboxylic acids is 1. The maximum absolute atomic E-state index is 13.9. The topological polar surface area (TPSA) is 60.8 Å². The van der Waals surface area contributed by atoms with Crippen LogP contribution in [0.5, 0.6) is 0 Å². The van der Waals surface area contributed by atoms with E-state index in [1.54, 1.807) is 20.9 Å². The Morgan fingerprint density at radius 1 is 1.43 bits per heavy atom. The van der Waals surface area contributed by atoms with Gasteiger partial charge in [0.25, 0.3) is 5.91 Å². The first kappa shape index (κ1) is 17.2. The molecule has 21 heavy (non-hydrogen) atoms. The summed E-state index contributed by atoms with van der Waals surface area (Å²) in [5.74, 6) is 4.27. The van der Waals surface area contributed by atoms with Gasteiger partial charge in [0.15, 0.2) is 0 Å². The molecule has 0 aliphatic rings. The minimum Gasteiger partial charge on any atom is -0.395 e. The Balaban J connectivity index is 2.89. The van der Waals surface area contributed by atoms with Crippen molar-refractivity contribution in [2.24, 2.45) is 0 Å². The molecule has 1 aromatic rings. The normalized spacial score (nSPS) is 10.8. The van der Waals surface area contributed by atoms with Gasteiger partial charge in [0, 0.05) is 25.6 Å². The first-order valence-electron chi connectivity index (χ1n) is 6.62. The van der Waals surface area contributed by atoms with Gasteiger partial charge in [-0.2, -0.15) is 0 Å². The van der Waals surface area contributed by atoms with E-state index in [-0.39, 0.29) is 36.6 Å². The quantitative estimate of drug-likeness (QED) is 0.825. The van der Waals surface area contributed by atoms with Crippen LogP contribution in [0.2, 0.25) is 0 Å². The van der Waals surface area contributed by atoms with Crippen molar-refractivity contribution in [3.8, 4) is 11.8 Å². The van der Waals surface area contributed by atoms with E-state index in [1.165, 1.54) is 17.0 Å². The molecule has 2 N–H and O–H groups in total. The predicted molar refractivity (Wildman–Crippen MR) is 78.2 cm³/mol. The van der Waals surface area contributed by atoms with Gasteiger partial charge < -0.3 is 15.1 Å². The minimum absolute atomic E-state index is 0.0765. The summed E-state index contributed by atoms with van der Waals surface area (Å²) in [6, 6.07) is 4.06. The number of amides is 1. The summed E-state index contributed by atoms with van der Waals surface area (Å²) in [6.45, 7) is 3.26. The number of rotatable bonds is 4. The highest BCUT2D eigenvalue weighted by Crippen LogP contribution is 2.13. The Bertz CT molecular complexity index is 567. The van der Waals surface area contributed by atoms with Crippen LogP contribution in [0.3, 0.4) is 0 Å². The zero-order valence-corrected chi connectivity index (χ0v) is 12.5. The molecule has 0 aliphatic heterocycles. The molecule has 0 bridgehead atoms. The molecule has 0 saturated carbocycles. The molecule has 114 valence electrons. The van der Waals surface area contributed by atoms with Crippen molar-refractivity contribution in [3.05, 3.63) is 35.1 Å². The van der Waals surface area contributed by atoms with Crippen molar-refractivity contribution in [2.45, 2.75) is 25.9 Å². The molecular formula is C16H20FNO3. The van der Waals surface area contributed by atoms with Crippen molar-refractivity contribution in [1.29, 1.82) is 0 Å². The molecule has 0 heterocycles. The standard InChI is InChI=1S/C16H20FNO3/c1-16(2,21)11-18(3)15(20)13-8-7-12(14(17)10-13)6-4-5-9-19/h7-8,10,19,21H,5,9,11H2,1-3H3. The summed E-state index contributed by atoms with van der Waals surface area (Å²) in [6.07, 6.45) is 0.272. The van der Waals surface area contributed by atoms with Crippen molar-refractivity contribution >= 4 is 5.91 Å². The van der Waals surface area contributed by atoms with E-state index in [4.69, 9.17) is 5.11 Å². The highest BCUT2D eigenvalue weighted by atomic mass is 19.1. The van der Waals surface area contributed by atoms with E-state index < -0.39 is 11.4 Å². The maximum atomic E-state index is 13.9. The molecule has 0 saturated heterocycles. The summed E-state index contributed by atoms with van der Waals surface area (Å²) < 4.78 is 13.9. The fourth-order valence-electron chi connectivity index (χ4n) is 1.84. The van der Waals surface area contributed by atoms with E-state index in [9.17, 15) is 14.3 Å². The van der Waals surface area contributed by atoms with Crippen LogP contribution in [0.15, 0.2) is 18.2 Å². The lowest BCUT2D eigenvalue weighted by atomic mass is 10.1. The molecule has 0 aromatic heterocycles. The average Bonchev–Trinajstić information content (AvgIpc) is 2.38. The monoisotopic (exact) mass is 293 g/mol. The summed E-state index contributed by atoms with van der Waals surface area (Å²) in [7, 11) is 1.55. The minimum atomic E-state index is -1.02. The van der Waals surface area contributed by atoms with Crippen LogP contribution in [0.4, 0.5) is 4.39 Å². The third-order valence-electron chi connectivity index (χ3n) is 2.65. The number of hydrogen-bond acceptors (Lipinski definition) is 3. The Hall–Kier alpha value is -1.90. The van der Waals surface area contributed by atoms with Gasteiger partial charge in [-0.1, -0.05) is 11.8 Å². The number of hydrogen-bond donors (Lipinski definition) is 2. The van der Waals surface area contributed by atoms with E-state index in [0.29, 0.717) is 0 Å². The number of aliphatic hydroxyl groups excluding tert-OH is 1. The van der Waals surface area contributed by atoms with Gasteiger partial charge in [-0.25, -0.2) is 4.39 Å². The van der Waals surface area contributed by atoms with Crippen LogP contribution in [-0.2, 0) is 0 Å². The number of likely N-dealkylation sites (N-methyl/N-ethyl adjacent to an activating group) is 1. The lowest BCUT2D eigenvalue weighted by molar-refractivity contribution is 0.0367. The van der Waals surface area contributed by atoms with Crippen LogP contribution < -0.4 is 0 Å². The van der Waals surface area contributed by atoms with Gasteiger partial charge in [0.05, 0.1) is 17.8 Å². The highest BCUT2D eigenvalue weighted by Gasteiger charge is 2.20. The molecule has 4 nitrogen and oxygen atoms in total. The molecule has 0 spiro atoms. The molecule has 0 aliphatic carbocycles. The second-order valence-electron chi connectivity index (χ2n) is 5.44. The molecular weight excluding hydrogens is 273 g/mol. The highest BCUT2D eigenvalue weighted by molar-refractivity contribution is 5.94. The van der Waals surface area contributed by atoms with Crippen LogP contribution in [0.25, 0.3) is 0 Å². The summed E-state index contributed by atoms with van der Waals surface area (Å²) in [5, 5.41) is 18.3. The molecule has 0 unspecified atom stereocenters. The third-order valence-corrected chi connectivity index (χ3v) is 2.65. The van der Waals surface area contributed by atoms with Crippen LogP contribution in [0, 0.1) is 17.7 Å². The van der Waals surface area contributed by atoms with Gasteiger partial charge in [0.2, 0.25) is 0 Å². The lowest BCUT2D eigenvalue weighted by Crippen LogP contribution is -2.39. The first-order valence-corrected chi connectivity index (χ1v) is 6.62. The Morgan fingerprint density at radius 2 is 2.10 bits per heavy atom. The van der Waals surface area contributed by atoms with Crippen molar-refractivity contribution in [2.75, 3.05) is 20.2 Å². The van der Waals surface area contributed by atoms with Crippen molar-refractivity contribution in [3.63, 3.8) is 0 Å². The summed E-state index contributed by atoms with van der Waals surface area (Å²) in [5.41, 5.74) is -0.629. The maximum Gasteiger partial charge on any atom is 0.253 e. The fourth-order valence-corrected chi connectivity index (χ4v) is 1.84. The van der Waals surface area contributed by atoms with Crippen LogP contribution in [0.1, 0.15) is 36.2 Å². The predicted octanol–water partition coefficient (Wildman–Crippen LogP) is 1.40. The summed E-state index contributed by atoms with van der Waals surface area (Å²) >= 11 is 0. The number of nitrogens with zero attached hydrogens (tertiary/aromatic N) is 1. The zero-order chi connectivity index (χ0) is 16.0. The Morgan fingerprint density at radius 3 is 2.62 bits per heavy atom.